The predicted octanol–water partition coefficient (Wildman–Crippen LogP) is 2.47. The zero-order chi connectivity index (χ0) is 19.6. The largest absolute Gasteiger partial charge is 0.348 e. The van der Waals surface area contributed by atoms with E-state index in [1.807, 2.05) is 12.4 Å². The van der Waals surface area contributed by atoms with E-state index in [9.17, 15) is 4.79 Å². The molecule has 0 saturated carbocycles. The van der Waals surface area contributed by atoms with Crippen LogP contribution in [-0.2, 0) is 25.9 Å². The monoisotopic (exact) mass is 390 g/mol. The summed E-state index contributed by atoms with van der Waals surface area (Å²) in [5.74, 6) is 1.90. The van der Waals surface area contributed by atoms with Crippen molar-refractivity contribution in [1.29, 1.82) is 0 Å². The lowest BCUT2D eigenvalue weighted by Crippen LogP contribution is -2.31. The smallest absolute Gasteiger partial charge is 0.271 e. The molecule has 2 aromatic heterocycles. The minimum atomic E-state index is -0.0697. The molecule has 2 N–H and O–H groups in total. The number of aromatic amines is 1. The van der Waals surface area contributed by atoms with E-state index in [1.165, 1.54) is 11.1 Å². The van der Waals surface area contributed by atoms with Crippen molar-refractivity contribution >= 4 is 5.91 Å². The fourth-order valence-corrected chi connectivity index (χ4v) is 4.47. The molecule has 0 saturated heterocycles. The highest BCUT2D eigenvalue weighted by Gasteiger charge is 2.24. The Morgan fingerprint density at radius 1 is 1.21 bits per heavy atom. The van der Waals surface area contributed by atoms with Gasteiger partial charge in [0.1, 0.15) is 17.3 Å². The van der Waals surface area contributed by atoms with Crippen LogP contribution in [0.3, 0.4) is 0 Å². The van der Waals surface area contributed by atoms with Gasteiger partial charge in [0.05, 0.1) is 12.6 Å². The fourth-order valence-electron chi connectivity index (χ4n) is 4.47. The molecule has 0 bridgehead atoms. The summed E-state index contributed by atoms with van der Waals surface area (Å²) in [6.07, 6.45) is 9.57. The summed E-state index contributed by atoms with van der Waals surface area (Å²) in [7, 11) is 0. The van der Waals surface area contributed by atoms with Gasteiger partial charge >= 0.3 is 0 Å². The minimum absolute atomic E-state index is 0.0697. The predicted molar refractivity (Wildman–Crippen MR) is 109 cm³/mol. The number of amides is 1. The van der Waals surface area contributed by atoms with E-state index >= 15 is 0 Å². The molecule has 0 radical (unpaired) electrons. The van der Waals surface area contributed by atoms with Crippen LogP contribution in [0, 0.1) is 0 Å². The van der Waals surface area contributed by atoms with E-state index in [0.29, 0.717) is 5.69 Å². The Morgan fingerprint density at radius 2 is 2.14 bits per heavy atom. The average Bonchev–Trinajstić information content (AvgIpc) is 3.36. The first-order valence-electron chi connectivity index (χ1n) is 10.4. The Bertz CT molecular complexity index is 967. The molecule has 150 valence electrons. The molecule has 5 rings (SSSR count). The zero-order valence-corrected chi connectivity index (χ0v) is 16.5. The van der Waals surface area contributed by atoms with E-state index in [0.717, 1.165) is 63.5 Å². The van der Waals surface area contributed by atoms with Crippen LogP contribution < -0.4 is 5.32 Å². The third kappa shape index (κ3) is 3.82. The SMILES string of the molecule is O=C(N[C@H]1CCCc2ccccc21)c1cn2c(n1)CCN(Cc1ncc[nH]1)CC2. The van der Waals surface area contributed by atoms with Gasteiger partial charge in [0.15, 0.2) is 0 Å². The Balaban J connectivity index is 1.25. The molecule has 3 aromatic rings. The number of carbonyl (C=O) groups excluding carboxylic acids is 1. The van der Waals surface area contributed by atoms with Crippen molar-refractivity contribution in [3.8, 4) is 0 Å². The number of aryl methyl sites for hydroxylation is 1. The molecule has 0 fully saturated rings. The number of aromatic nitrogens is 4. The van der Waals surface area contributed by atoms with E-state index in [2.05, 4.69) is 54.0 Å². The Morgan fingerprint density at radius 3 is 3.03 bits per heavy atom. The van der Waals surface area contributed by atoms with Crippen LogP contribution in [0.5, 0.6) is 0 Å². The number of nitrogens with one attached hydrogen (secondary N) is 2. The lowest BCUT2D eigenvalue weighted by atomic mass is 9.88. The van der Waals surface area contributed by atoms with Crippen molar-refractivity contribution in [2.75, 3.05) is 13.1 Å². The number of nitrogens with zero attached hydrogens (tertiary/aromatic N) is 4. The summed E-state index contributed by atoms with van der Waals surface area (Å²) in [6, 6.07) is 8.51. The summed E-state index contributed by atoms with van der Waals surface area (Å²) >= 11 is 0. The van der Waals surface area contributed by atoms with E-state index in [4.69, 9.17) is 0 Å². The first-order chi connectivity index (χ1) is 14.3. The number of hydrogen-bond acceptors (Lipinski definition) is 4. The molecule has 29 heavy (non-hydrogen) atoms. The van der Waals surface area contributed by atoms with Gasteiger partial charge in [0.25, 0.3) is 5.91 Å². The van der Waals surface area contributed by atoms with Crippen LogP contribution in [0.4, 0.5) is 0 Å². The number of H-pyrrole nitrogens is 1. The summed E-state index contributed by atoms with van der Waals surface area (Å²) < 4.78 is 2.13. The highest BCUT2D eigenvalue weighted by atomic mass is 16.2. The van der Waals surface area contributed by atoms with Gasteiger partial charge in [0.2, 0.25) is 0 Å². The van der Waals surface area contributed by atoms with Gasteiger partial charge in [0, 0.05) is 44.6 Å². The highest BCUT2D eigenvalue weighted by Crippen LogP contribution is 2.29. The maximum Gasteiger partial charge on any atom is 0.271 e. The number of hydrogen-bond donors (Lipinski definition) is 2. The van der Waals surface area contributed by atoms with Crippen molar-refractivity contribution < 1.29 is 4.79 Å². The first-order valence-corrected chi connectivity index (χ1v) is 10.4. The summed E-state index contributed by atoms with van der Waals surface area (Å²) in [6.45, 7) is 3.48. The quantitative estimate of drug-likeness (QED) is 0.717. The Kier molecular flexibility index (Phi) is 4.89. The van der Waals surface area contributed by atoms with Crippen molar-refractivity contribution in [1.82, 2.24) is 29.7 Å². The van der Waals surface area contributed by atoms with Crippen molar-refractivity contribution in [2.45, 2.75) is 44.8 Å². The third-order valence-corrected chi connectivity index (χ3v) is 6.00. The van der Waals surface area contributed by atoms with Crippen LogP contribution in [0.2, 0.25) is 0 Å². The van der Waals surface area contributed by atoms with Gasteiger partial charge < -0.3 is 14.9 Å². The molecule has 0 unspecified atom stereocenters. The standard InChI is InChI=1S/C22H26N6O/c29-22(26-18-7-3-5-16-4-1-2-6-17(16)18)19-14-28-13-12-27(11-8-21(28)25-19)15-20-23-9-10-24-20/h1-2,4,6,9-10,14,18H,3,5,7-8,11-13,15H2,(H,23,24)(H,26,29)/t18-/m0/s1. The molecule has 2 aliphatic rings. The zero-order valence-electron chi connectivity index (χ0n) is 16.5. The fraction of sp³-hybridized carbons (Fsp3) is 0.409. The topological polar surface area (TPSA) is 78.8 Å². The summed E-state index contributed by atoms with van der Waals surface area (Å²) in [5, 5.41) is 3.22. The first kappa shape index (κ1) is 18.1. The lowest BCUT2D eigenvalue weighted by molar-refractivity contribution is 0.0928. The molecule has 0 spiro atoms. The van der Waals surface area contributed by atoms with Gasteiger partial charge in [-0.25, -0.2) is 9.97 Å². The molecular weight excluding hydrogens is 364 g/mol. The number of rotatable bonds is 4. The maximum absolute atomic E-state index is 12.9. The van der Waals surface area contributed by atoms with Gasteiger partial charge in [-0.1, -0.05) is 24.3 Å². The van der Waals surface area contributed by atoms with Gasteiger partial charge in [-0.15, -0.1) is 0 Å². The van der Waals surface area contributed by atoms with Gasteiger partial charge in [-0.3, -0.25) is 9.69 Å². The second-order valence-corrected chi connectivity index (χ2v) is 7.91. The number of benzene rings is 1. The maximum atomic E-state index is 12.9. The van der Waals surface area contributed by atoms with E-state index in [1.54, 1.807) is 6.20 Å². The number of imidazole rings is 2. The van der Waals surface area contributed by atoms with Crippen molar-refractivity contribution in [2.24, 2.45) is 0 Å². The Labute approximate surface area is 170 Å². The molecule has 7 nitrogen and oxygen atoms in total. The summed E-state index contributed by atoms with van der Waals surface area (Å²) in [5.41, 5.74) is 3.13. The molecule has 1 aliphatic heterocycles. The molecule has 1 amide bonds. The molecule has 3 heterocycles. The number of fused-ring (bicyclic) bond motifs is 2. The summed E-state index contributed by atoms with van der Waals surface area (Å²) in [4.78, 5) is 27.4. The highest BCUT2D eigenvalue weighted by molar-refractivity contribution is 5.92. The van der Waals surface area contributed by atoms with Crippen LogP contribution >= 0.6 is 0 Å². The van der Waals surface area contributed by atoms with Crippen LogP contribution in [0.25, 0.3) is 0 Å². The van der Waals surface area contributed by atoms with Crippen molar-refractivity contribution in [3.05, 3.63) is 71.3 Å². The lowest BCUT2D eigenvalue weighted by Gasteiger charge is -2.26. The van der Waals surface area contributed by atoms with Crippen LogP contribution in [0.1, 0.15) is 52.1 Å². The Hall–Kier alpha value is -2.93. The van der Waals surface area contributed by atoms with E-state index in [-0.39, 0.29) is 11.9 Å². The van der Waals surface area contributed by atoms with Gasteiger partial charge in [-0.05, 0) is 30.4 Å². The second kappa shape index (κ2) is 7.83. The molecule has 1 atom stereocenters. The van der Waals surface area contributed by atoms with E-state index < -0.39 is 0 Å². The normalized spacial score (nSPS) is 19.2. The van der Waals surface area contributed by atoms with Crippen LogP contribution in [-0.4, -0.2) is 43.4 Å². The third-order valence-electron chi connectivity index (χ3n) is 6.00. The van der Waals surface area contributed by atoms with Crippen LogP contribution in [0.15, 0.2) is 42.9 Å². The molecule has 1 aliphatic carbocycles. The minimum Gasteiger partial charge on any atom is -0.348 e. The average molecular weight is 390 g/mol. The molecule has 1 aromatic carbocycles. The second-order valence-electron chi connectivity index (χ2n) is 7.91. The van der Waals surface area contributed by atoms with Crippen molar-refractivity contribution in [3.63, 3.8) is 0 Å². The molecular formula is C22H26N6O. The number of carbonyl (C=O) groups is 1. The van der Waals surface area contributed by atoms with Gasteiger partial charge in [-0.2, -0.15) is 0 Å². The molecule has 7 heteroatoms.